The molecule has 0 radical (unpaired) electrons. The Kier molecular flexibility index (Phi) is 6.28. The third-order valence-corrected chi connectivity index (χ3v) is 7.65. The smallest absolute Gasteiger partial charge is 0.337 e. The van der Waals surface area contributed by atoms with E-state index in [0.29, 0.717) is 35.8 Å². The predicted molar refractivity (Wildman–Crippen MR) is 118 cm³/mol. The van der Waals surface area contributed by atoms with Crippen LogP contribution in [0.3, 0.4) is 0 Å². The van der Waals surface area contributed by atoms with E-state index in [2.05, 4.69) is 4.98 Å². The van der Waals surface area contributed by atoms with Crippen molar-refractivity contribution < 1.29 is 22.7 Å². The number of rotatable bonds is 6. The molecule has 1 aliphatic rings. The molecular formula is C23H20ClFN2O4S. The van der Waals surface area contributed by atoms with Gasteiger partial charge >= 0.3 is 5.97 Å². The Labute approximate surface area is 190 Å². The molecule has 1 aliphatic heterocycles. The first-order valence-corrected chi connectivity index (χ1v) is 11.8. The zero-order chi connectivity index (χ0) is 22.9. The molecule has 2 aromatic carbocycles. The average Bonchev–Trinajstić information content (AvgIpc) is 3.26. The van der Waals surface area contributed by atoms with Crippen LogP contribution < -0.4 is 0 Å². The number of aromatic nitrogens is 1. The summed E-state index contributed by atoms with van der Waals surface area (Å²) in [6.07, 6.45) is 1.46. The molecule has 1 fully saturated rings. The number of halogens is 2. The zero-order valence-electron chi connectivity index (χ0n) is 16.9. The van der Waals surface area contributed by atoms with Crippen LogP contribution in [-0.2, 0) is 16.4 Å². The summed E-state index contributed by atoms with van der Waals surface area (Å²) in [6.45, 7) is 0.305. The summed E-state index contributed by atoms with van der Waals surface area (Å²) < 4.78 is 41.0. The lowest BCUT2D eigenvalue weighted by atomic mass is 10.0. The lowest BCUT2D eigenvalue weighted by Crippen LogP contribution is -2.31. The van der Waals surface area contributed by atoms with E-state index in [1.165, 1.54) is 22.5 Å². The van der Waals surface area contributed by atoms with E-state index in [4.69, 9.17) is 11.6 Å². The number of carboxylic acids is 1. The largest absolute Gasteiger partial charge is 0.478 e. The number of benzene rings is 2. The Hall–Kier alpha value is -2.81. The van der Waals surface area contributed by atoms with Crippen molar-refractivity contribution in [2.75, 3.05) is 6.54 Å². The molecule has 0 bridgehead atoms. The van der Waals surface area contributed by atoms with Crippen LogP contribution in [0.4, 0.5) is 4.39 Å². The number of pyridine rings is 1. The fourth-order valence-corrected chi connectivity index (χ4v) is 5.69. The first kappa shape index (κ1) is 22.4. The Bertz CT molecular complexity index is 1250. The fourth-order valence-electron chi connectivity index (χ4n) is 3.89. The van der Waals surface area contributed by atoms with Gasteiger partial charge in [0.25, 0.3) is 0 Å². The van der Waals surface area contributed by atoms with Gasteiger partial charge in [-0.2, -0.15) is 4.31 Å². The lowest BCUT2D eigenvalue weighted by molar-refractivity contribution is 0.0695. The van der Waals surface area contributed by atoms with Crippen molar-refractivity contribution >= 4 is 27.6 Å². The summed E-state index contributed by atoms with van der Waals surface area (Å²) in [5.74, 6) is -1.62. The van der Waals surface area contributed by atoms with Crippen molar-refractivity contribution in [2.24, 2.45) is 0 Å². The Morgan fingerprint density at radius 2 is 1.78 bits per heavy atom. The van der Waals surface area contributed by atoms with E-state index < -0.39 is 27.9 Å². The number of sulfonamides is 1. The summed E-state index contributed by atoms with van der Waals surface area (Å²) in [4.78, 5) is 16.3. The van der Waals surface area contributed by atoms with Gasteiger partial charge in [0.05, 0.1) is 27.9 Å². The highest BCUT2D eigenvalue weighted by atomic mass is 35.5. The molecule has 6 nitrogen and oxygen atoms in total. The Balaban J connectivity index is 1.69. The molecule has 0 amide bonds. The monoisotopic (exact) mass is 474 g/mol. The second-order valence-corrected chi connectivity index (χ2v) is 9.89. The average molecular weight is 475 g/mol. The Morgan fingerprint density at radius 1 is 1.09 bits per heavy atom. The molecule has 0 saturated carbocycles. The quantitative estimate of drug-likeness (QED) is 0.560. The molecule has 1 N–H and O–H groups in total. The van der Waals surface area contributed by atoms with Crippen molar-refractivity contribution in [2.45, 2.75) is 30.2 Å². The minimum atomic E-state index is -3.86. The molecule has 166 valence electrons. The molecular weight excluding hydrogens is 455 g/mol. The normalized spacial score (nSPS) is 16.9. The van der Waals surface area contributed by atoms with Gasteiger partial charge in [-0.1, -0.05) is 23.7 Å². The maximum absolute atomic E-state index is 13.3. The molecule has 1 saturated heterocycles. The van der Waals surface area contributed by atoms with Crippen molar-refractivity contribution in [1.82, 2.24) is 9.29 Å². The second-order valence-electron chi connectivity index (χ2n) is 7.57. The van der Waals surface area contributed by atoms with Crippen LogP contribution in [0.15, 0.2) is 65.6 Å². The van der Waals surface area contributed by atoms with Crippen LogP contribution in [0.2, 0.25) is 5.02 Å². The van der Waals surface area contributed by atoms with Gasteiger partial charge in [0.15, 0.2) is 0 Å². The summed E-state index contributed by atoms with van der Waals surface area (Å²) in [5, 5.41) is 10.2. The van der Waals surface area contributed by atoms with Crippen molar-refractivity contribution in [3.8, 4) is 0 Å². The van der Waals surface area contributed by atoms with Crippen molar-refractivity contribution in [1.29, 1.82) is 0 Å². The maximum atomic E-state index is 13.3. The van der Waals surface area contributed by atoms with Crippen molar-refractivity contribution in [3.63, 3.8) is 0 Å². The van der Waals surface area contributed by atoms with Gasteiger partial charge in [0.2, 0.25) is 10.0 Å². The number of carbonyl (C=O) groups is 1. The molecule has 0 aliphatic carbocycles. The standard InChI is InChI=1S/C23H20ClFN2O4S/c24-16-5-3-15(4-6-16)14-21-19(23(28)29)11-12-20(26-21)22-2-1-13-27(22)32(30,31)18-9-7-17(25)8-10-18/h3-12,22H,1-2,13-14H2,(H,28,29). The number of carboxylic acid groups (broad SMARTS) is 1. The lowest BCUT2D eigenvalue weighted by Gasteiger charge is -2.24. The Morgan fingerprint density at radius 3 is 2.44 bits per heavy atom. The minimum absolute atomic E-state index is 0.00865. The summed E-state index contributed by atoms with van der Waals surface area (Å²) >= 11 is 5.93. The van der Waals surface area contributed by atoms with Gasteiger partial charge in [-0.05, 0) is 66.9 Å². The second kappa shape index (κ2) is 8.97. The highest BCUT2D eigenvalue weighted by Gasteiger charge is 2.37. The third-order valence-electron chi connectivity index (χ3n) is 5.48. The van der Waals surface area contributed by atoms with Gasteiger partial charge in [0, 0.05) is 18.0 Å². The molecule has 4 rings (SSSR count). The van der Waals surface area contributed by atoms with Crippen LogP contribution >= 0.6 is 11.6 Å². The molecule has 1 atom stereocenters. The molecule has 32 heavy (non-hydrogen) atoms. The molecule has 3 aromatic rings. The van der Waals surface area contributed by atoms with Crippen LogP contribution in [0.25, 0.3) is 0 Å². The summed E-state index contributed by atoms with van der Waals surface area (Å²) in [6, 6.07) is 14.2. The molecule has 0 spiro atoms. The maximum Gasteiger partial charge on any atom is 0.337 e. The first-order chi connectivity index (χ1) is 15.3. The van der Waals surface area contributed by atoms with Gasteiger partial charge in [-0.25, -0.2) is 17.6 Å². The molecule has 1 unspecified atom stereocenters. The zero-order valence-corrected chi connectivity index (χ0v) is 18.5. The van der Waals surface area contributed by atoms with Gasteiger partial charge in [-0.3, -0.25) is 4.98 Å². The van der Waals surface area contributed by atoms with E-state index in [9.17, 15) is 22.7 Å². The third kappa shape index (κ3) is 4.53. The molecule has 1 aromatic heterocycles. The van der Waals surface area contributed by atoms with Gasteiger partial charge in [-0.15, -0.1) is 0 Å². The van der Waals surface area contributed by atoms with E-state index in [-0.39, 0.29) is 16.9 Å². The number of hydrogen-bond donors (Lipinski definition) is 1. The van der Waals surface area contributed by atoms with Crippen LogP contribution in [0.1, 0.15) is 46.2 Å². The summed E-state index contributed by atoms with van der Waals surface area (Å²) in [5.41, 5.74) is 1.74. The molecule has 2 heterocycles. The van der Waals surface area contributed by atoms with Crippen LogP contribution in [-0.4, -0.2) is 35.3 Å². The highest BCUT2D eigenvalue weighted by Crippen LogP contribution is 2.36. The van der Waals surface area contributed by atoms with E-state index in [0.717, 1.165) is 17.7 Å². The van der Waals surface area contributed by atoms with Crippen LogP contribution in [0, 0.1) is 5.82 Å². The summed E-state index contributed by atoms with van der Waals surface area (Å²) in [7, 11) is -3.86. The van der Waals surface area contributed by atoms with E-state index >= 15 is 0 Å². The first-order valence-electron chi connectivity index (χ1n) is 10.0. The number of nitrogens with zero attached hydrogens (tertiary/aromatic N) is 2. The number of aromatic carboxylic acids is 1. The number of hydrogen-bond acceptors (Lipinski definition) is 4. The van der Waals surface area contributed by atoms with E-state index in [1.807, 2.05) is 0 Å². The minimum Gasteiger partial charge on any atom is -0.478 e. The SMILES string of the molecule is O=C(O)c1ccc(C2CCCN2S(=O)(=O)c2ccc(F)cc2)nc1Cc1ccc(Cl)cc1. The highest BCUT2D eigenvalue weighted by molar-refractivity contribution is 7.89. The fraction of sp³-hybridized carbons (Fsp3) is 0.217. The van der Waals surface area contributed by atoms with Gasteiger partial charge < -0.3 is 5.11 Å². The predicted octanol–water partition coefficient (Wildman–Crippen LogP) is 4.69. The van der Waals surface area contributed by atoms with Crippen molar-refractivity contribution in [3.05, 3.63) is 94.0 Å². The molecule has 9 heteroatoms. The van der Waals surface area contributed by atoms with E-state index in [1.54, 1.807) is 30.3 Å². The van der Waals surface area contributed by atoms with Crippen LogP contribution in [0.5, 0.6) is 0 Å². The van der Waals surface area contributed by atoms with Gasteiger partial charge in [0.1, 0.15) is 5.82 Å². The topological polar surface area (TPSA) is 87.6 Å².